The lowest BCUT2D eigenvalue weighted by molar-refractivity contribution is -0.207. The molecule has 138 valence electrons. The summed E-state index contributed by atoms with van der Waals surface area (Å²) in [5.41, 5.74) is 6.99. The Hall–Kier alpha value is -1.63. The Morgan fingerprint density at radius 3 is 2.64 bits per heavy atom. The fourth-order valence-corrected chi connectivity index (χ4v) is 4.17. The Morgan fingerprint density at radius 2 is 2.04 bits per heavy atom. The number of carbonyl (C=O) groups is 1. The van der Waals surface area contributed by atoms with Crippen molar-refractivity contribution in [3.05, 3.63) is 29.8 Å². The summed E-state index contributed by atoms with van der Waals surface area (Å²) in [5.74, 6) is 0.0624. The smallest absolute Gasteiger partial charge is 0.255 e. The highest BCUT2D eigenvalue weighted by molar-refractivity contribution is 5.99. The van der Waals surface area contributed by atoms with E-state index in [2.05, 4.69) is 0 Å². The van der Waals surface area contributed by atoms with Crippen LogP contribution in [0.15, 0.2) is 24.3 Å². The molecule has 0 bridgehead atoms. The van der Waals surface area contributed by atoms with Crippen LogP contribution in [0.2, 0.25) is 0 Å². The number of para-hydroxylation sites is 1. The molecular weight excluding hydrogens is 318 g/mol. The maximum absolute atomic E-state index is 13.0. The van der Waals surface area contributed by atoms with Crippen molar-refractivity contribution >= 4 is 11.6 Å². The van der Waals surface area contributed by atoms with Gasteiger partial charge in [-0.2, -0.15) is 0 Å². The summed E-state index contributed by atoms with van der Waals surface area (Å²) in [4.78, 5) is 16.8. The molecule has 0 unspecified atom stereocenters. The predicted octanol–water partition coefficient (Wildman–Crippen LogP) is 1.08. The van der Waals surface area contributed by atoms with E-state index in [9.17, 15) is 9.90 Å². The number of aliphatic hydroxyl groups is 1. The van der Waals surface area contributed by atoms with Gasteiger partial charge in [0, 0.05) is 51.3 Å². The van der Waals surface area contributed by atoms with Gasteiger partial charge in [-0.15, -0.1) is 0 Å². The van der Waals surface area contributed by atoms with Crippen LogP contribution in [0.5, 0.6) is 0 Å². The first kappa shape index (κ1) is 18.2. The standard InChI is InChI=1S/C19H29N3O3/c1-21(2)15-6-4-3-5-14(15)18(24)22-10-7-19(8-11-22)16(23)13-17(19)25-12-9-20/h3-6,16-17,23H,7-13,20H2,1-2H3/t16-,17+/m1/s1. The summed E-state index contributed by atoms with van der Waals surface area (Å²) >= 11 is 0. The largest absolute Gasteiger partial charge is 0.392 e. The van der Waals surface area contributed by atoms with Gasteiger partial charge in [0.15, 0.2) is 0 Å². The van der Waals surface area contributed by atoms with Gasteiger partial charge in [0.1, 0.15) is 0 Å². The molecule has 3 rings (SSSR count). The maximum Gasteiger partial charge on any atom is 0.255 e. The third-order valence-corrected chi connectivity index (χ3v) is 5.78. The van der Waals surface area contributed by atoms with E-state index in [0.29, 0.717) is 32.7 Å². The van der Waals surface area contributed by atoms with Crippen LogP contribution in [0.25, 0.3) is 0 Å². The van der Waals surface area contributed by atoms with E-state index in [1.54, 1.807) is 0 Å². The molecule has 3 N–H and O–H groups in total. The van der Waals surface area contributed by atoms with Crippen molar-refractivity contribution in [2.45, 2.75) is 31.5 Å². The second-order valence-corrected chi connectivity index (χ2v) is 7.34. The lowest BCUT2D eigenvalue weighted by atomic mass is 9.58. The molecule has 25 heavy (non-hydrogen) atoms. The Balaban J connectivity index is 1.67. The zero-order valence-electron chi connectivity index (χ0n) is 15.1. The van der Waals surface area contributed by atoms with Crippen LogP contribution in [0.3, 0.4) is 0 Å². The highest BCUT2D eigenvalue weighted by Crippen LogP contribution is 2.51. The van der Waals surface area contributed by atoms with Crippen LogP contribution >= 0.6 is 0 Å². The number of aliphatic hydroxyl groups excluding tert-OH is 1. The van der Waals surface area contributed by atoms with Gasteiger partial charge >= 0.3 is 0 Å². The zero-order chi connectivity index (χ0) is 18.0. The number of hydrogen-bond acceptors (Lipinski definition) is 5. The number of likely N-dealkylation sites (tertiary alicyclic amines) is 1. The van der Waals surface area contributed by atoms with E-state index in [1.807, 2.05) is 48.2 Å². The molecule has 1 aliphatic heterocycles. The number of nitrogens with two attached hydrogens (primary N) is 1. The topological polar surface area (TPSA) is 79.0 Å². The first-order valence-electron chi connectivity index (χ1n) is 9.05. The number of ether oxygens (including phenoxy) is 1. The maximum atomic E-state index is 13.0. The molecule has 1 amide bonds. The van der Waals surface area contributed by atoms with Crippen molar-refractivity contribution < 1.29 is 14.6 Å². The van der Waals surface area contributed by atoms with Crippen molar-refractivity contribution in [2.24, 2.45) is 11.1 Å². The van der Waals surface area contributed by atoms with Crippen molar-refractivity contribution in [2.75, 3.05) is 45.2 Å². The predicted molar refractivity (Wildman–Crippen MR) is 97.8 cm³/mol. The molecule has 6 nitrogen and oxygen atoms in total. The molecule has 2 aliphatic rings. The van der Waals surface area contributed by atoms with Crippen LogP contribution in [0.4, 0.5) is 5.69 Å². The minimum atomic E-state index is -0.332. The fourth-order valence-electron chi connectivity index (χ4n) is 4.17. The average Bonchev–Trinajstić information content (AvgIpc) is 2.64. The van der Waals surface area contributed by atoms with Crippen molar-refractivity contribution in [3.8, 4) is 0 Å². The minimum Gasteiger partial charge on any atom is -0.392 e. The molecule has 1 heterocycles. The molecule has 1 aliphatic carbocycles. The van der Waals surface area contributed by atoms with Gasteiger partial charge in [-0.05, 0) is 25.0 Å². The van der Waals surface area contributed by atoms with E-state index < -0.39 is 0 Å². The van der Waals surface area contributed by atoms with Gasteiger partial charge in [0.25, 0.3) is 5.91 Å². The SMILES string of the molecule is CN(C)c1ccccc1C(=O)N1CCC2(CC1)[C@H](O)C[C@@H]2OCCN. The second kappa shape index (κ2) is 7.32. The van der Waals surface area contributed by atoms with Gasteiger partial charge in [-0.1, -0.05) is 12.1 Å². The number of amides is 1. The molecule has 1 spiro atoms. The van der Waals surface area contributed by atoms with Crippen LogP contribution in [-0.4, -0.2) is 68.5 Å². The number of anilines is 1. The van der Waals surface area contributed by atoms with Gasteiger partial charge in [-0.3, -0.25) is 4.79 Å². The number of carbonyl (C=O) groups excluding carboxylic acids is 1. The fraction of sp³-hybridized carbons (Fsp3) is 0.632. The number of benzene rings is 1. The Bertz CT molecular complexity index is 612. The quantitative estimate of drug-likeness (QED) is 0.833. The van der Waals surface area contributed by atoms with Crippen molar-refractivity contribution in [1.29, 1.82) is 0 Å². The molecular formula is C19H29N3O3. The average molecular weight is 347 g/mol. The molecule has 6 heteroatoms. The third kappa shape index (κ3) is 3.26. The summed E-state index contributed by atoms with van der Waals surface area (Å²) in [6.45, 7) is 2.33. The van der Waals surface area contributed by atoms with Gasteiger partial charge < -0.3 is 25.4 Å². The molecule has 1 saturated carbocycles. The van der Waals surface area contributed by atoms with Gasteiger partial charge in [0.2, 0.25) is 0 Å². The Labute approximate surface area is 149 Å². The van der Waals surface area contributed by atoms with E-state index in [-0.39, 0.29) is 23.5 Å². The number of rotatable bonds is 5. The summed E-state index contributed by atoms with van der Waals surface area (Å²) in [5, 5.41) is 10.3. The Kier molecular flexibility index (Phi) is 5.32. The first-order chi connectivity index (χ1) is 12.0. The van der Waals surface area contributed by atoms with E-state index in [4.69, 9.17) is 10.5 Å². The third-order valence-electron chi connectivity index (χ3n) is 5.78. The zero-order valence-corrected chi connectivity index (χ0v) is 15.1. The molecule has 2 atom stereocenters. The highest BCUT2D eigenvalue weighted by Gasteiger charge is 2.56. The summed E-state index contributed by atoms with van der Waals surface area (Å²) in [7, 11) is 3.89. The number of hydrogen-bond donors (Lipinski definition) is 2. The molecule has 2 fully saturated rings. The molecule has 1 aromatic carbocycles. The molecule has 1 aromatic rings. The summed E-state index contributed by atoms with van der Waals surface area (Å²) in [6, 6.07) is 7.69. The van der Waals surface area contributed by atoms with Crippen LogP contribution in [0, 0.1) is 5.41 Å². The van der Waals surface area contributed by atoms with Gasteiger partial charge in [-0.25, -0.2) is 0 Å². The van der Waals surface area contributed by atoms with E-state index >= 15 is 0 Å². The lowest BCUT2D eigenvalue weighted by Gasteiger charge is -2.56. The van der Waals surface area contributed by atoms with Crippen molar-refractivity contribution in [3.63, 3.8) is 0 Å². The van der Waals surface area contributed by atoms with E-state index in [0.717, 1.165) is 24.1 Å². The molecule has 0 aromatic heterocycles. The number of nitrogens with zero attached hydrogens (tertiary/aromatic N) is 2. The lowest BCUT2D eigenvalue weighted by Crippen LogP contribution is -2.63. The van der Waals surface area contributed by atoms with Crippen LogP contribution in [-0.2, 0) is 4.74 Å². The first-order valence-corrected chi connectivity index (χ1v) is 9.05. The second-order valence-electron chi connectivity index (χ2n) is 7.34. The molecule has 0 radical (unpaired) electrons. The highest BCUT2D eigenvalue weighted by atomic mass is 16.5. The summed E-state index contributed by atoms with van der Waals surface area (Å²) in [6.07, 6.45) is 1.97. The monoisotopic (exact) mass is 347 g/mol. The van der Waals surface area contributed by atoms with Crippen LogP contribution < -0.4 is 10.6 Å². The van der Waals surface area contributed by atoms with Gasteiger partial charge in [0.05, 0.1) is 24.4 Å². The normalized spacial score (nSPS) is 24.9. The molecule has 1 saturated heterocycles. The Morgan fingerprint density at radius 1 is 1.36 bits per heavy atom. The van der Waals surface area contributed by atoms with Crippen molar-refractivity contribution in [1.82, 2.24) is 4.90 Å². The summed E-state index contributed by atoms with van der Waals surface area (Å²) < 4.78 is 5.83. The minimum absolute atomic E-state index is 0.0624. The van der Waals surface area contributed by atoms with Crippen LogP contribution in [0.1, 0.15) is 29.6 Å². The van der Waals surface area contributed by atoms with E-state index in [1.165, 1.54) is 0 Å². The number of piperidine rings is 1.